The van der Waals surface area contributed by atoms with Crippen molar-refractivity contribution in [3.63, 3.8) is 0 Å². The van der Waals surface area contributed by atoms with Crippen LogP contribution in [0.2, 0.25) is 0 Å². The van der Waals surface area contributed by atoms with Gasteiger partial charge in [0.15, 0.2) is 11.6 Å². The molecule has 1 aliphatic rings. The van der Waals surface area contributed by atoms with E-state index in [0.717, 1.165) is 0 Å². The number of nitrogens with zero attached hydrogens (tertiary/aromatic N) is 2. The molecule has 2 heterocycles. The predicted octanol–water partition coefficient (Wildman–Crippen LogP) is 2.49. The number of Topliss-reactive ketones (excluding diaryl/α,β-unsaturated/α-hetero) is 1. The molecule has 1 aromatic carbocycles. The first-order valence-electron chi connectivity index (χ1n) is 8.51. The fourth-order valence-electron chi connectivity index (χ4n) is 2.71. The topological polar surface area (TPSA) is 109 Å². The largest absolute Gasteiger partial charge is 0.488 e. The summed E-state index contributed by atoms with van der Waals surface area (Å²) in [5.41, 5.74) is 1.30. The lowest BCUT2D eigenvalue weighted by Gasteiger charge is -2.28. The summed E-state index contributed by atoms with van der Waals surface area (Å²) in [6, 6.07) is 10.5. The number of rotatable bonds is 6. The molecule has 2 N–H and O–H groups in total. The zero-order valence-corrected chi connectivity index (χ0v) is 14.6. The Labute approximate surface area is 155 Å². The number of pyridine rings is 1. The SMILES string of the molecule is O=C(O)CCC(=O)Cc1cnc2c(c1)OCCN2C(=O)Nc1ccccc1. The Morgan fingerprint density at radius 3 is 2.70 bits per heavy atom. The van der Waals surface area contributed by atoms with Crippen molar-refractivity contribution < 1.29 is 24.2 Å². The van der Waals surface area contributed by atoms with E-state index in [2.05, 4.69) is 10.3 Å². The molecule has 2 amide bonds. The molecule has 0 fully saturated rings. The Hall–Kier alpha value is -3.42. The summed E-state index contributed by atoms with van der Waals surface area (Å²) in [7, 11) is 0. The lowest BCUT2D eigenvalue weighted by Crippen LogP contribution is -2.41. The van der Waals surface area contributed by atoms with Crippen molar-refractivity contribution in [1.82, 2.24) is 4.98 Å². The Morgan fingerprint density at radius 2 is 1.96 bits per heavy atom. The molecule has 1 aromatic heterocycles. The van der Waals surface area contributed by atoms with E-state index < -0.39 is 5.97 Å². The number of carboxylic acid groups (broad SMARTS) is 1. The van der Waals surface area contributed by atoms with Crippen LogP contribution in [0, 0.1) is 0 Å². The maximum atomic E-state index is 12.6. The van der Waals surface area contributed by atoms with Crippen molar-refractivity contribution in [2.75, 3.05) is 23.4 Å². The van der Waals surface area contributed by atoms with Gasteiger partial charge in [-0.1, -0.05) is 18.2 Å². The summed E-state index contributed by atoms with van der Waals surface area (Å²) in [4.78, 5) is 40.7. The summed E-state index contributed by atoms with van der Waals surface area (Å²) in [5, 5.41) is 11.5. The van der Waals surface area contributed by atoms with E-state index in [1.54, 1.807) is 18.2 Å². The predicted molar refractivity (Wildman–Crippen MR) is 98.1 cm³/mol. The second-order valence-corrected chi connectivity index (χ2v) is 6.07. The third kappa shape index (κ3) is 4.81. The third-order valence-corrected chi connectivity index (χ3v) is 4.01. The highest BCUT2D eigenvalue weighted by atomic mass is 16.5. The first kappa shape index (κ1) is 18.4. The van der Waals surface area contributed by atoms with Crippen LogP contribution in [0.5, 0.6) is 5.75 Å². The number of aliphatic carboxylic acids is 1. The molecule has 0 spiro atoms. The zero-order chi connectivity index (χ0) is 19.2. The quantitative estimate of drug-likeness (QED) is 0.810. The highest BCUT2D eigenvalue weighted by molar-refractivity contribution is 6.02. The van der Waals surface area contributed by atoms with Crippen LogP contribution < -0.4 is 15.0 Å². The van der Waals surface area contributed by atoms with Crippen LogP contribution in [0.4, 0.5) is 16.3 Å². The van der Waals surface area contributed by atoms with Crippen molar-refractivity contribution in [1.29, 1.82) is 0 Å². The normalized spacial score (nSPS) is 12.7. The van der Waals surface area contributed by atoms with Gasteiger partial charge in [-0.3, -0.25) is 14.5 Å². The summed E-state index contributed by atoms with van der Waals surface area (Å²) in [5.74, 6) is -0.381. The van der Waals surface area contributed by atoms with Crippen LogP contribution in [0.15, 0.2) is 42.6 Å². The molecule has 0 radical (unpaired) electrons. The molecule has 140 valence electrons. The first-order chi connectivity index (χ1) is 13.0. The van der Waals surface area contributed by atoms with Gasteiger partial charge in [0.05, 0.1) is 13.0 Å². The molecule has 8 heteroatoms. The number of anilines is 2. The standard InChI is InChI=1S/C19H19N3O5/c23-15(6-7-17(24)25)10-13-11-16-18(20-12-13)22(8-9-27-16)19(26)21-14-4-2-1-3-5-14/h1-5,11-12H,6-10H2,(H,21,26)(H,24,25). The molecule has 0 bridgehead atoms. The molecule has 0 saturated carbocycles. The molecule has 0 atom stereocenters. The van der Waals surface area contributed by atoms with E-state index in [9.17, 15) is 14.4 Å². The molecule has 8 nitrogen and oxygen atoms in total. The maximum absolute atomic E-state index is 12.6. The smallest absolute Gasteiger partial charge is 0.327 e. The minimum absolute atomic E-state index is 0.0289. The van der Waals surface area contributed by atoms with E-state index in [4.69, 9.17) is 9.84 Å². The number of urea groups is 1. The molecule has 3 rings (SSSR count). The van der Waals surface area contributed by atoms with Gasteiger partial charge in [-0.15, -0.1) is 0 Å². The molecule has 2 aromatic rings. The van der Waals surface area contributed by atoms with Crippen LogP contribution in [0.25, 0.3) is 0 Å². The number of hydrogen-bond donors (Lipinski definition) is 2. The van der Waals surface area contributed by atoms with Gasteiger partial charge in [0.25, 0.3) is 0 Å². The van der Waals surface area contributed by atoms with Gasteiger partial charge in [-0.05, 0) is 23.8 Å². The Bertz CT molecular complexity index is 854. The minimum atomic E-state index is -1.00. The fraction of sp³-hybridized carbons (Fsp3) is 0.263. The molecule has 0 aliphatic carbocycles. The van der Waals surface area contributed by atoms with Gasteiger partial charge in [0.1, 0.15) is 12.4 Å². The molecular formula is C19H19N3O5. The average molecular weight is 369 g/mol. The van der Waals surface area contributed by atoms with E-state index in [1.165, 1.54) is 11.1 Å². The number of ether oxygens (including phenoxy) is 1. The fourth-order valence-corrected chi connectivity index (χ4v) is 2.71. The number of nitrogens with one attached hydrogen (secondary N) is 1. The van der Waals surface area contributed by atoms with Crippen molar-refractivity contribution in [2.24, 2.45) is 0 Å². The lowest BCUT2D eigenvalue weighted by molar-refractivity contribution is -0.138. The Balaban J connectivity index is 1.70. The Kier molecular flexibility index (Phi) is 5.65. The van der Waals surface area contributed by atoms with Gasteiger partial charge >= 0.3 is 12.0 Å². The number of carboxylic acids is 1. The maximum Gasteiger partial charge on any atom is 0.327 e. The van der Waals surface area contributed by atoms with Crippen molar-refractivity contribution in [3.05, 3.63) is 48.2 Å². The van der Waals surface area contributed by atoms with Crippen LogP contribution >= 0.6 is 0 Å². The third-order valence-electron chi connectivity index (χ3n) is 4.01. The van der Waals surface area contributed by atoms with E-state index in [0.29, 0.717) is 36.0 Å². The second-order valence-electron chi connectivity index (χ2n) is 6.07. The van der Waals surface area contributed by atoms with Gasteiger partial charge in [-0.2, -0.15) is 0 Å². The monoisotopic (exact) mass is 369 g/mol. The first-order valence-corrected chi connectivity index (χ1v) is 8.51. The number of amides is 2. The Morgan fingerprint density at radius 1 is 1.19 bits per heavy atom. The van der Waals surface area contributed by atoms with Crippen LogP contribution in [0.3, 0.4) is 0 Å². The number of carbonyl (C=O) groups is 3. The number of carbonyl (C=O) groups excluding carboxylic acids is 2. The number of benzene rings is 1. The summed E-state index contributed by atoms with van der Waals surface area (Å²) < 4.78 is 5.58. The van der Waals surface area contributed by atoms with Gasteiger partial charge < -0.3 is 15.2 Å². The van der Waals surface area contributed by atoms with Crippen molar-refractivity contribution in [3.8, 4) is 5.75 Å². The van der Waals surface area contributed by atoms with E-state index in [-0.39, 0.29) is 31.1 Å². The number of aromatic nitrogens is 1. The number of hydrogen-bond acceptors (Lipinski definition) is 5. The average Bonchev–Trinajstić information content (AvgIpc) is 2.66. The second kappa shape index (κ2) is 8.31. The zero-order valence-electron chi connectivity index (χ0n) is 14.6. The molecule has 1 aliphatic heterocycles. The molecule has 0 saturated heterocycles. The highest BCUT2D eigenvalue weighted by Crippen LogP contribution is 2.30. The highest BCUT2D eigenvalue weighted by Gasteiger charge is 2.25. The number of ketones is 1. The van der Waals surface area contributed by atoms with Crippen LogP contribution in [-0.4, -0.2) is 41.0 Å². The number of fused-ring (bicyclic) bond motifs is 1. The minimum Gasteiger partial charge on any atom is -0.488 e. The van der Waals surface area contributed by atoms with Gasteiger partial charge in [-0.25, -0.2) is 9.78 Å². The number of para-hydroxylation sites is 1. The lowest BCUT2D eigenvalue weighted by atomic mass is 10.1. The summed E-state index contributed by atoms with van der Waals surface area (Å²) >= 11 is 0. The summed E-state index contributed by atoms with van der Waals surface area (Å²) in [6.07, 6.45) is 1.36. The molecular weight excluding hydrogens is 350 g/mol. The summed E-state index contributed by atoms with van der Waals surface area (Å²) in [6.45, 7) is 0.670. The van der Waals surface area contributed by atoms with Crippen LogP contribution in [0.1, 0.15) is 18.4 Å². The molecule has 27 heavy (non-hydrogen) atoms. The van der Waals surface area contributed by atoms with Gasteiger partial charge in [0.2, 0.25) is 0 Å². The van der Waals surface area contributed by atoms with Gasteiger partial charge in [0, 0.05) is 24.7 Å². The van der Waals surface area contributed by atoms with Crippen LogP contribution in [-0.2, 0) is 16.0 Å². The van der Waals surface area contributed by atoms with E-state index >= 15 is 0 Å². The van der Waals surface area contributed by atoms with Crippen molar-refractivity contribution in [2.45, 2.75) is 19.3 Å². The van der Waals surface area contributed by atoms with E-state index in [1.807, 2.05) is 18.2 Å². The molecule has 0 unspecified atom stereocenters. The van der Waals surface area contributed by atoms with Crippen molar-refractivity contribution >= 4 is 29.3 Å².